The lowest BCUT2D eigenvalue weighted by Gasteiger charge is -2.26. The number of nitrogens with two attached hydrogens (primary N) is 1. The number of anilines is 1. The van der Waals surface area contributed by atoms with E-state index in [1.165, 1.54) is 0 Å². The van der Waals surface area contributed by atoms with Crippen molar-refractivity contribution >= 4 is 5.95 Å². The van der Waals surface area contributed by atoms with Crippen molar-refractivity contribution in [3.8, 4) is 0 Å². The molecule has 0 amide bonds. The van der Waals surface area contributed by atoms with Crippen molar-refractivity contribution in [3.63, 3.8) is 0 Å². The van der Waals surface area contributed by atoms with Crippen LogP contribution in [0.15, 0.2) is 12.4 Å². The molecular formula is C11H20N4O. The van der Waals surface area contributed by atoms with Gasteiger partial charge >= 0.3 is 0 Å². The summed E-state index contributed by atoms with van der Waals surface area (Å²) < 4.78 is 5.07. The van der Waals surface area contributed by atoms with Gasteiger partial charge in [-0.3, -0.25) is 0 Å². The molecule has 0 atom stereocenters. The minimum absolute atomic E-state index is 0.346. The predicted octanol–water partition coefficient (Wildman–Crippen LogP) is 0.796. The lowest BCUT2D eigenvalue weighted by atomic mass is 10.3. The van der Waals surface area contributed by atoms with Gasteiger partial charge in [0.15, 0.2) is 0 Å². The third-order valence-electron chi connectivity index (χ3n) is 2.34. The molecule has 5 nitrogen and oxygen atoms in total. The van der Waals surface area contributed by atoms with Crippen LogP contribution >= 0.6 is 0 Å². The van der Waals surface area contributed by atoms with Gasteiger partial charge in [-0.25, -0.2) is 9.97 Å². The number of nitrogens with zero attached hydrogens (tertiary/aromatic N) is 3. The van der Waals surface area contributed by atoms with Crippen LogP contribution in [0.3, 0.4) is 0 Å². The largest absolute Gasteiger partial charge is 0.383 e. The van der Waals surface area contributed by atoms with Crippen molar-refractivity contribution in [2.24, 2.45) is 5.73 Å². The van der Waals surface area contributed by atoms with E-state index in [2.05, 4.69) is 28.7 Å². The zero-order chi connectivity index (χ0) is 12.0. The molecule has 5 heteroatoms. The van der Waals surface area contributed by atoms with Crippen molar-refractivity contribution in [1.29, 1.82) is 0 Å². The van der Waals surface area contributed by atoms with Crippen molar-refractivity contribution in [2.75, 3.05) is 25.2 Å². The highest BCUT2D eigenvalue weighted by molar-refractivity contribution is 5.31. The quantitative estimate of drug-likeness (QED) is 0.774. The van der Waals surface area contributed by atoms with Crippen LogP contribution in [-0.2, 0) is 11.3 Å². The molecule has 0 spiro atoms. The lowest BCUT2D eigenvalue weighted by molar-refractivity contribution is 0.203. The molecule has 0 aliphatic carbocycles. The van der Waals surface area contributed by atoms with Gasteiger partial charge in [0, 0.05) is 44.2 Å². The smallest absolute Gasteiger partial charge is 0.225 e. The molecule has 0 aliphatic rings. The Hall–Kier alpha value is -1.20. The van der Waals surface area contributed by atoms with Crippen LogP contribution < -0.4 is 10.6 Å². The van der Waals surface area contributed by atoms with Gasteiger partial charge in [-0.05, 0) is 13.8 Å². The summed E-state index contributed by atoms with van der Waals surface area (Å²) in [5, 5.41) is 0. The number of rotatable bonds is 6. The summed E-state index contributed by atoms with van der Waals surface area (Å²) in [6, 6.07) is 0.346. The van der Waals surface area contributed by atoms with Crippen LogP contribution in [0.1, 0.15) is 19.4 Å². The Balaban J connectivity index is 2.75. The van der Waals surface area contributed by atoms with E-state index in [9.17, 15) is 0 Å². The average molecular weight is 224 g/mol. The topological polar surface area (TPSA) is 64.3 Å². The summed E-state index contributed by atoms with van der Waals surface area (Å²) in [6.07, 6.45) is 3.54. The van der Waals surface area contributed by atoms with Crippen LogP contribution in [0.25, 0.3) is 0 Å². The number of ether oxygens (including phenoxy) is 1. The minimum Gasteiger partial charge on any atom is -0.383 e. The standard InChI is InChI=1S/C11H20N4O/c1-9(2)15(4-5-16-3)11-13-7-10(6-12)8-14-11/h7-9H,4-6,12H2,1-3H3. The normalized spacial score (nSPS) is 10.8. The van der Waals surface area contributed by atoms with E-state index < -0.39 is 0 Å². The van der Waals surface area contributed by atoms with Gasteiger partial charge in [0.2, 0.25) is 5.95 Å². The zero-order valence-electron chi connectivity index (χ0n) is 10.2. The number of aromatic nitrogens is 2. The Morgan fingerprint density at radius 3 is 2.44 bits per heavy atom. The Bertz CT molecular complexity index is 299. The Kier molecular flexibility index (Phi) is 5.14. The maximum Gasteiger partial charge on any atom is 0.225 e. The van der Waals surface area contributed by atoms with Crippen LogP contribution in [0.4, 0.5) is 5.95 Å². The Morgan fingerprint density at radius 1 is 1.38 bits per heavy atom. The maximum atomic E-state index is 5.50. The molecule has 0 aromatic carbocycles. The minimum atomic E-state index is 0.346. The van der Waals surface area contributed by atoms with E-state index in [1.54, 1.807) is 19.5 Å². The molecule has 0 saturated carbocycles. The molecule has 0 radical (unpaired) electrons. The Labute approximate surface area is 96.6 Å². The van der Waals surface area contributed by atoms with Crippen molar-refractivity contribution in [3.05, 3.63) is 18.0 Å². The van der Waals surface area contributed by atoms with E-state index in [1.807, 2.05) is 0 Å². The number of hydrogen-bond donors (Lipinski definition) is 1. The molecule has 1 rings (SSSR count). The molecule has 16 heavy (non-hydrogen) atoms. The SMILES string of the molecule is COCCN(c1ncc(CN)cn1)C(C)C. The second-order valence-electron chi connectivity index (χ2n) is 3.88. The summed E-state index contributed by atoms with van der Waals surface area (Å²) >= 11 is 0. The van der Waals surface area contributed by atoms with Crippen molar-refractivity contribution in [2.45, 2.75) is 26.4 Å². The Morgan fingerprint density at radius 2 is 2.00 bits per heavy atom. The maximum absolute atomic E-state index is 5.50. The molecule has 0 aliphatic heterocycles. The summed E-state index contributed by atoms with van der Waals surface area (Å²) in [4.78, 5) is 10.7. The van der Waals surface area contributed by atoms with Crippen LogP contribution in [0, 0.1) is 0 Å². The van der Waals surface area contributed by atoms with E-state index >= 15 is 0 Å². The van der Waals surface area contributed by atoms with Gasteiger partial charge in [-0.1, -0.05) is 0 Å². The first-order chi connectivity index (χ1) is 7.69. The molecule has 0 bridgehead atoms. The molecule has 1 aromatic heterocycles. The monoisotopic (exact) mass is 224 g/mol. The van der Waals surface area contributed by atoms with Gasteiger partial charge in [0.1, 0.15) is 0 Å². The molecule has 1 aromatic rings. The summed E-state index contributed by atoms with van der Waals surface area (Å²) in [5.41, 5.74) is 6.45. The van der Waals surface area contributed by atoms with Crippen molar-refractivity contribution in [1.82, 2.24) is 9.97 Å². The van der Waals surface area contributed by atoms with E-state index in [0.717, 1.165) is 18.1 Å². The lowest BCUT2D eigenvalue weighted by Crippen LogP contribution is -2.35. The third kappa shape index (κ3) is 3.43. The second-order valence-corrected chi connectivity index (χ2v) is 3.88. The first-order valence-corrected chi connectivity index (χ1v) is 5.45. The van der Waals surface area contributed by atoms with Gasteiger partial charge in [0.25, 0.3) is 0 Å². The predicted molar refractivity (Wildman–Crippen MR) is 64.3 cm³/mol. The van der Waals surface area contributed by atoms with E-state index in [-0.39, 0.29) is 0 Å². The fraction of sp³-hybridized carbons (Fsp3) is 0.636. The number of methoxy groups -OCH3 is 1. The second kappa shape index (κ2) is 6.40. The fourth-order valence-corrected chi connectivity index (χ4v) is 1.38. The zero-order valence-corrected chi connectivity index (χ0v) is 10.2. The molecular weight excluding hydrogens is 204 g/mol. The van der Waals surface area contributed by atoms with Crippen LogP contribution in [0.5, 0.6) is 0 Å². The molecule has 2 N–H and O–H groups in total. The highest BCUT2D eigenvalue weighted by Crippen LogP contribution is 2.10. The summed E-state index contributed by atoms with van der Waals surface area (Å²) in [6.45, 7) is 6.14. The van der Waals surface area contributed by atoms with Crippen LogP contribution in [0.2, 0.25) is 0 Å². The molecule has 90 valence electrons. The van der Waals surface area contributed by atoms with Crippen molar-refractivity contribution < 1.29 is 4.74 Å². The first-order valence-electron chi connectivity index (χ1n) is 5.45. The van der Waals surface area contributed by atoms with Crippen LogP contribution in [-0.4, -0.2) is 36.3 Å². The molecule has 0 unspecified atom stereocenters. The van der Waals surface area contributed by atoms with Gasteiger partial charge in [-0.15, -0.1) is 0 Å². The highest BCUT2D eigenvalue weighted by Gasteiger charge is 2.12. The fourth-order valence-electron chi connectivity index (χ4n) is 1.38. The van der Waals surface area contributed by atoms with E-state index in [0.29, 0.717) is 19.2 Å². The summed E-state index contributed by atoms with van der Waals surface area (Å²) in [7, 11) is 1.69. The van der Waals surface area contributed by atoms with Gasteiger partial charge in [0.05, 0.1) is 6.61 Å². The summed E-state index contributed by atoms with van der Waals surface area (Å²) in [5.74, 6) is 0.726. The average Bonchev–Trinajstić information content (AvgIpc) is 2.30. The molecule has 1 heterocycles. The van der Waals surface area contributed by atoms with Gasteiger partial charge in [-0.2, -0.15) is 0 Å². The highest BCUT2D eigenvalue weighted by atomic mass is 16.5. The molecule has 0 saturated heterocycles. The molecule has 0 fully saturated rings. The number of hydrogen-bond acceptors (Lipinski definition) is 5. The first kappa shape index (κ1) is 12.9. The van der Waals surface area contributed by atoms with E-state index in [4.69, 9.17) is 10.5 Å². The van der Waals surface area contributed by atoms with Gasteiger partial charge < -0.3 is 15.4 Å². The third-order valence-corrected chi connectivity index (χ3v) is 2.34.